The van der Waals surface area contributed by atoms with Crippen molar-refractivity contribution in [3.05, 3.63) is 84.9 Å². The summed E-state index contributed by atoms with van der Waals surface area (Å²) in [6.07, 6.45) is 0. The van der Waals surface area contributed by atoms with Crippen molar-refractivity contribution in [2.24, 2.45) is 0 Å². The standard InChI is InChI=1S/C30H14BNS3/c1-2-7-19-17(5-1)25-20(33-19)13-11-15-16-12-14-24-28-30(16)32(29(15)25)18-6-3-8-21-26(18)31(28)27-22(34-21)9-4-10-23(27)35-24/h1-14H. The van der Waals surface area contributed by atoms with Crippen molar-refractivity contribution in [3.8, 4) is 5.69 Å². The Kier molecular flexibility index (Phi) is 3.11. The fraction of sp³-hybridized carbons (Fsp3) is 0. The normalized spacial score (nSPS) is 14.6. The smallest absolute Gasteiger partial charge is 0.252 e. The van der Waals surface area contributed by atoms with Crippen LogP contribution in [0.1, 0.15) is 0 Å². The largest absolute Gasteiger partial charge is 0.310 e. The lowest BCUT2D eigenvalue weighted by atomic mass is 9.35. The van der Waals surface area contributed by atoms with E-state index in [-0.39, 0.29) is 0 Å². The van der Waals surface area contributed by atoms with Gasteiger partial charge in [0.05, 0.1) is 11.0 Å². The SMILES string of the molecule is c1cc2c3c(c1)Sc1ccc4c5ccc6sc7ccccc7c6c5n5c4c1B3c1c(cccc1-5)S2. The van der Waals surface area contributed by atoms with Crippen LogP contribution in [0.2, 0.25) is 0 Å². The number of hydrogen-bond acceptors (Lipinski definition) is 3. The zero-order chi connectivity index (χ0) is 22.4. The zero-order valence-electron chi connectivity index (χ0n) is 18.3. The van der Waals surface area contributed by atoms with Crippen LogP contribution in [-0.4, -0.2) is 11.3 Å². The molecule has 0 radical (unpaired) electrons. The van der Waals surface area contributed by atoms with Crippen molar-refractivity contribution in [1.29, 1.82) is 0 Å². The van der Waals surface area contributed by atoms with Gasteiger partial charge in [0.1, 0.15) is 0 Å². The molecule has 3 aliphatic heterocycles. The molecule has 7 aromatic rings. The summed E-state index contributed by atoms with van der Waals surface area (Å²) in [4.78, 5) is 5.66. The van der Waals surface area contributed by atoms with Gasteiger partial charge in [0.2, 0.25) is 0 Å². The average molecular weight is 495 g/mol. The van der Waals surface area contributed by atoms with E-state index in [4.69, 9.17) is 0 Å². The second kappa shape index (κ2) is 5.99. The Hall–Kier alpha value is -3.12. The van der Waals surface area contributed by atoms with E-state index < -0.39 is 0 Å². The topological polar surface area (TPSA) is 4.93 Å². The molecule has 0 saturated carbocycles. The molecule has 0 saturated heterocycles. The lowest BCUT2D eigenvalue weighted by Gasteiger charge is -2.37. The lowest BCUT2D eigenvalue weighted by Crippen LogP contribution is -2.61. The third-order valence-electron chi connectivity index (χ3n) is 8.05. The number of fused-ring (bicyclic) bond motifs is 8. The van der Waals surface area contributed by atoms with E-state index in [1.807, 2.05) is 34.9 Å². The molecule has 2 aromatic heterocycles. The van der Waals surface area contributed by atoms with Gasteiger partial charge in [0.25, 0.3) is 6.71 Å². The van der Waals surface area contributed by atoms with E-state index >= 15 is 0 Å². The van der Waals surface area contributed by atoms with Crippen LogP contribution in [0.5, 0.6) is 0 Å². The monoisotopic (exact) mass is 495 g/mol. The highest BCUT2D eigenvalue weighted by atomic mass is 32.2. The van der Waals surface area contributed by atoms with E-state index in [0.717, 1.165) is 0 Å². The maximum absolute atomic E-state index is 2.63. The highest BCUT2D eigenvalue weighted by Crippen LogP contribution is 2.47. The molecule has 5 aromatic carbocycles. The zero-order valence-corrected chi connectivity index (χ0v) is 20.8. The van der Waals surface area contributed by atoms with Gasteiger partial charge < -0.3 is 4.57 Å². The highest BCUT2D eigenvalue weighted by molar-refractivity contribution is 8.01. The van der Waals surface area contributed by atoms with Crippen molar-refractivity contribution < 1.29 is 0 Å². The molecule has 3 aliphatic rings. The van der Waals surface area contributed by atoms with Gasteiger partial charge in [-0.15, -0.1) is 11.3 Å². The van der Waals surface area contributed by atoms with Crippen LogP contribution in [0.4, 0.5) is 0 Å². The van der Waals surface area contributed by atoms with E-state index in [0.29, 0.717) is 6.71 Å². The Balaban J connectivity index is 1.52. The molecule has 35 heavy (non-hydrogen) atoms. The Morgan fingerprint density at radius 2 is 1.23 bits per heavy atom. The molecule has 0 fully saturated rings. The minimum Gasteiger partial charge on any atom is -0.310 e. The molecule has 0 amide bonds. The first-order chi connectivity index (χ1) is 17.4. The summed E-state index contributed by atoms with van der Waals surface area (Å²) in [5, 5.41) is 5.52. The molecule has 0 atom stereocenters. The molecular formula is C30H14BNS3. The van der Waals surface area contributed by atoms with Gasteiger partial charge in [-0.05, 0) is 58.9 Å². The second-order valence-corrected chi connectivity index (χ2v) is 12.9. The van der Waals surface area contributed by atoms with Crippen LogP contribution >= 0.6 is 34.9 Å². The lowest BCUT2D eigenvalue weighted by molar-refractivity contribution is 1.17. The van der Waals surface area contributed by atoms with E-state index in [1.54, 1.807) is 0 Å². The van der Waals surface area contributed by atoms with Crippen molar-refractivity contribution in [2.45, 2.75) is 19.6 Å². The first kappa shape index (κ1) is 18.2. The number of hydrogen-bond donors (Lipinski definition) is 0. The fourth-order valence-corrected chi connectivity index (χ4v) is 10.3. The molecule has 0 unspecified atom stereocenters. The Morgan fingerprint density at radius 1 is 0.514 bits per heavy atom. The van der Waals surface area contributed by atoms with Gasteiger partial charge >= 0.3 is 0 Å². The maximum Gasteiger partial charge on any atom is 0.252 e. The Labute approximate surface area is 213 Å². The summed E-state index contributed by atoms with van der Waals surface area (Å²) in [6.45, 7) is 0.320. The van der Waals surface area contributed by atoms with Gasteiger partial charge in [0.15, 0.2) is 0 Å². The van der Waals surface area contributed by atoms with Crippen LogP contribution in [-0.2, 0) is 0 Å². The molecule has 1 nitrogen and oxygen atoms in total. The molecule has 0 spiro atoms. The van der Waals surface area contributed by atoms with Crippen molar-refractivity contribution in [2.75, 3.05) is 0 Å². The number of thiophene rings is 1. The summed E-state index contributed by atoms with van der Waals surface area (Å²) < 4.78 is 5.36. The van der Waals surface area contributed by atoms with Gasteiger partial charge in [-0.2, -0.15) is 0 Å². The predicted octanol–water partition coefficient (Wildman–Crippen LogP) is 6.91. The highest BCUT2D eigenvalue weighted by Gasteiger charge is 2.44. The second-order valence-electron chi connectivity index (χ2n) is 9.64. The van der Waals surface area contributed by atoms with E-state index in [1.165, 1.54) is 83.6 Å². The first-order valence-corrected chi connectivity index (χ1v) is 14.3. The molecule has 10 rings (SSSR count). The minimum absolute atomic E-state index is 0.320. The minimum atomic E-state index is 0.320. The van der Waals surface area contributed by atoms with Gasteiger partial charge in [0, 0.05) is 56.2 Å². The van der Waals surface area contributed by atoms with Crippen molar-refractivity contribution in [3.63, 3.8) is 0 Å². The van der Waals surface area contributed by atoms with Gasteiger partial charge in [-0.1, -0.05) is 66.0 Å². The third-order valence-corrected chi connectivity index (χ3v) is 11.5. The molecule has 0 aliphatic carbocycles. The van der Waals surface area contributed by atoms with Gasteiger partial charge in [-0.3, -0.25) is 0 Å². The van der Waals surface area contributed by atoms with E-state index in [9.17, 15) is 0 Å². The summed E-state index contributed by atoms with van der Waals surface area (Å²) >= 11 is 5.81. The molecule has 5 heterocycles. The quantitative estimate of drug-likeness (QED) is 0.211. The van der Waals surface area contributed by atoms with Crippen molar-refractivity contribution >= 4 is 99.9 Å². The van der Waals surface area contributed by atoms with Crippen LogP contribution in [0.25, 0.3) is 47.7 Å². The first-order valence-electron chi connectivity index (χ1n) is 11.9. The fourth-order valence-electron chi connectivity index (χ4n) is 6.78. The van der Waals surface area contributed by atoms with Crippen LogP contribution < -0.4 is 16.4 Å². The number of nitrogens with zero attached hydrogens (tertiary/aromatic N) is 1. The van der Waals surface area contributed by atoms with Crippen LogP contribution in [0, 0.1) is 0 Å². The molecular weight excluding hydrogens is 481 g/mol. The molecule has 0 bridgehead atoms. The summed E-state index contributed by atoms with van der Waals surface area (Å²) in [7, 11) is 0. The van der Waals surface area contributed by atoms with Crippen LogP contribution in [0.3, 0.4) is 0 Å². The third kappa shape index (κ3) is 1.99. The summed E-state index contributed by atoms with van der Waals surface area (Å²) in [6, 6.07) is 32.2. The van der Waals surface area contributed by atoms with E-state index in [2.05, 4.69) is 89.5 Å². The molecule has 0 N–H and O–H groups in total. The Bertz CT molecular complexity index is 2120. The number of benzene rings is 5. The molecule has 5 heteroatoms. The summed E-state index contributed by atoms with van der Waals surface area (Å²) in [5.41, 5.74) is 8.67. The van der Waals surface area contributed by atoms with Crippen molar-refractivity contribution in [1.82, 2.24) is 4.57 Å². The predicted molar refractivity (Wildman–Crippen MR) is 153 cm³/mol. The molecule has 160 valence electrons. The van der Waals surface area contributed by atoms with Crippen LogP contribution in [0.15, 0.2) is 105 Å². The number of rotatable bonds is 0. The Morgan fingerprint density at radius 3 is 2.11 bits per heavy atom. The van der Waals surface area contributed by atoms with Gasteiger partial charge in [-0.25, -0.2) is 0 Å². The average Bonchev–Trinajstić information content (AvgIpc) is 3.44. The maximum atomic E-state index is 2.63. The summed E-state index contributed by atoms with van der Waals surface area (Å²) in [5.74, 6) is 0. The number of aromatic nitrogens is 1.